The molecule has 20 heteroatoms. The van der Waals surface area contributed by atoms with Crippen LogP contribution in [0, 0.1) is 11.8 Å². The SMILES string of the molecule is COc1ccc(CN2C(=O)C(C)(OC(=O)/C=C/C(=O)OC3(C)Oc4c(C(=O)NC5CN6CCC5CC6)cc(Cl)cc4N(Cc4ccc(OC)cc4)C3=O)Oc3c(C(=O)NC4CN5CCC4CC5)cc(Cl)cc32)cc1. The molecule has 4 unspecified atom stereocenters. The number of ether oxygens (including phenoxy) is 6. The van der Waals surface area contributed by atoms with Crippen molar-refractivity contribution in [2.45, 2.75) is 76.3 Å². The Morgan fingerprint density at radius 2 is 0.973 bits per heavy atom. The van der Waals surface area contributed by atoms with Crippen molar-refractivity contribution in [2.24, 2.45) is 11.8 Å². The van der Waals surface area contributed by atoms with E-state index in [1.54, 1.807) is 48.5 Å². The van der Waals surface area contributed by atoms with Crippen molar-refractivity contribution in [2.75, 3.05) is 63.3 Å². The molecule has 4 aromatic carbocycles. The van der Waals surface area contributed by atoms with E-state index in [0.717, 1.165) is 51.9 Å². The van der Waals surface area contributed by atoms with Crippen LogP contribution in [0.2, 0.25) is 10.0 Å². The standard InChI is InChI=1S/C54H56Cl2N6O12/c1-53(51(67)61(27-31-5-9-37(69-3)10-6-31)43-25-35(55)23-39(47(43)73-53)49(65)57-41-29-59-19-15-33(41)16-20-59)71-45(63)13-14-46(64)72-54(2)52(68)62(28-32-7-11-38(70-4)12-8-32)44-26-36(56)24-40(48(44)74-54)50(66)58-42-30-60-21-17-34(42)18-22-60/h5-14,23-26,33-34,41-42H,15-22,27-30H2,1-4H3,(H,57,65)(H,58,66)/b14-13+. The highest BCUT2D eigenvalue weighted by Crippen LogP contribution is 2.46. The van der Waals surface area contributed by atoms with Crippen LogP contribution < -0.4 is 39.4 Å². The third-order valence-corrected chi connectivity index (χ3v) is 15.3. The van der Waals surface area contributed by atoms with Gasteiger partial charge >= 0.3 is 35.3 Å². The van der Waals surface area contributed by atoms with Crippen LogP contribution in [0.3, 0.4) is 0 Å². The molecule has 0 aliphatic carbocycles. The maximum absolute atomic E-state index is 14.6. The van der Waals surface area contributed by atoms with Gasteiger partial charge in [0.2, 0.25) is 0 Å². The Morgan fingerprint density at radius 3 is 1.30 bits per heavy atom. The second-order valence-corrected chi connectivity index (χ2v) is 20.7. The summed E-state index contributed by atoms with van der Waals surface area (Å²) in [6.07, 6.45) is 5.21. The summed E-state index contributed by atoms with van der Waals surface area (Å²) in [5.74, 6) is -8.20. The predicted molar refractivity (Wildman–Crippen MR) is 271 cm³/mol. The maximum atomic E-state index is 14.6. The van der Waals surface area contributed by atoms with E-state index in [1.807, 2.05) is 0 Å². The summed E-state index contributed by atoms with van der Waals surface area (Å²) in [7, 11) is 3.06. The number of methoxy groups -OCH3 is 2. The Bertz CT molecular complexity index is 2730. The zero-order valence-electron chi connectivity index (χ0n) is 41.3. The van der Waals surface area contributed by atoms with Crippen molar-refractivity contribution in [3.05, 3.63) is 117 Å². The Labute approximate surface area is 437 Å². The number of hydrogen-bond donors (Lipinski definition) is 2. The van der Waals surface area contributed by atoms with Gasteiger partial charge in [-0.2, -0.15) is 0 Å². The molecule has 0 saturated carbocycles. The smallest absolute Gasteiger partial charge is 0.334 e. The van der Waals surface area contributed by atoms with E-state index in [1.165, 1.54) is 62.1 Å². The first-order valence-corrected chi connectivity index (χ1v) is 25.4. The zero-order valence-corrected chi connectivity index (χ0v) is 42.8. The van der Waals surface area contributed by atoms with E-state index in [0.29, 0.717) is 59.7 Å². The fourth-order valence-corrected chi connectivity index (χ4v) is 11.3. The molecular weight excluding hydrogens is 996 g/mol. The van der Waals surface area contributed by atoms with Crippen molar-refractivity contribution < 1.29 is 57.2 Å². The van der Waals surface area contributed by atoms with E-state index >= 15 is 0 Å². The van der Waals surface area contributed by atoms with Crippen molar-refractivity contribution in [1.82, 2.24) is 20.4 Å². The summed E-state index contributed by atoms with van der Waals surface area (Å²) in [5.41, 5.74) is 1.69. The molecule has 18 nitrogen and oxygen atoms in total. The Morgan fingerprint density at radius 1 is 0.608 bits per heavy atom. The zero-order chi connectivity index (χ0) is 52.1. The first kappa shape index (κ1) is 50.7. The lowest BCUT2D eigenvalue weighted by Gasteiger charge is -2.45. The molecule has 388 valence electrons. The molecule has 74 heavy (non-hydrogen) atoms. The second-order valence-electron chi connectivity index (χ2n) is 19.8. The number of rotatable bonds is 14. The molecule has 0 spiro atoms. The molecule has 8 aliphatic heterocycles. The molecule has 2 N–H and O–H groups in total. The van der Waals surface area contributed by atoms with E-state index in [-0.39, 0.29) is 69.2 Å². The number of piperidine rings is 6. The molecule has 4 bridgehead atoms. The molecule has 4 aromatic rings. The number of anilines is 2. The lowest BCUT2D eigenvalue weighted by Crippen LogP contribution is -2.58. The third kappa shape index (κ3) is 10.2. The van der Waals surface area contributed by atoms with Crippen LogP contribution in [-0.4, -0.2) is 123 Å². The number of esters is 2. The number of halogens is 2. The molecule has 12 rings (SSSR count). The molecule has 4 amide bonds. The fraction of sp³-hybridized carbons (Fsp3) is 0.407. The summed E-state index contributed by atoms with van der Waals surface area (Å²) in [5, 5.41) is 6.63. The first-order valence-electron chi connectivity index (χ1n) is 24.6. The first-order chi connectivity index (χ1) is 35.5. The van der Waals surface area contributed by atoms with E-state index < -0.39 is 47.1 Å². The van der Waals surface area contributed by atoms with Gasteiger partial charge < -0.3 is 48.9 Å². The summed E-state index contributed by atoms with van der Waals surface area (Å²) in [4.78, 5) is 92.5. The van der Waals surface area contributed by atoms with Gasteiger partial charge in [0.25, 0.3) is 11.8 Å². The van der Waals surface area contributed by atoms with Crippen molar-refractivity contribution in [3.63, 3.8) is 0 Å². The van der Waals surface area contributed by atoms with Gasteiger partial charge in [-0.15, -0.1) is 0 Å². The minimum atomic E-state index is -2.39. The molecule has 8 heterocycles. The third-order valence-electron chi connectivity index (χ3n) is 14.9. The van der Waals surface area contributed by atoms with Gasteiger partial charge in [0, 0.05) is 61.2 Å². The van der Waals surface area contributed by atoms with Crippen LogP contribution in [0.1, 0.15) is 71.4 Å². The van der Waals surface area contributed by atoms with Gasteiger partial charge in [-0.05, 0) is 123 Å². The minimum absolute atomic E-state index is 0.0208. The molecule has 0 radical (unpaired) electrons. The second kappa shape index (κ2) is 20.5. The monoisotopic (exact) mass is 1050 g/mol. The summed E-state index contributed by atoms with van der Waals surface area (Å²) in [6.45, 7) is 7.57. The number of benzene rings is 4. The van der Waals surface area contributed by atoms with Crippen LogP contribution in [0.25, 0.3) is 0 Å². The van der Waals surface area contributed by atoms with Crippen LogP contribution >= 0.6 is 23.2 Å². The lowest BCUT2D eigenvalue weighted by molar-refractivity contribution is -0.195. The predicted octanol–water partition coefficient (Wildman–Crippen LogP) is 6.29. The van der Waals surface area contributed by atoms with Crippen LogP contribution in [0.15, 0.2) is 84.9 Å². The molecular formula is C54H56Cl2N6O12. The topological polar surface area (TPSA) is 195 Å². The van der Waals surface area contributed by atoms with Gasteiger partial charge in [0.1, 0.15) is 11.5 Å². The van der Waals surface area contributed by atoms with Gasteiger partial charge in [0.05, 0.1) is 49.8 Å². The average Bonchev–Trinajstić information content (AvgIpc) is 3.39. The molecule has 0 aromatic heterocycles. The number of fused-ring (bicyclic) bond motifs is 8. The quantitative estimate of drug-likeness (QED) is 0.106. The average molecular weight is 1050 g/mol. The number of hydrogen-bond acceptors (Lipinski definition) is 14. The van der Waals surface area contributed by atoms with Crippen LogP contribution in [0.5, 0.6) is 23.0 Å². The highest BCUT2D eigenvalue weighted by Gasteiger charge is 2.52. The van der Waals surface area contributed by atoms with E-state index in [9.17, 15) is 28.8 Å². The van der Waals surface area contributed by atoms with Crippen molar-refractivity contribution in [3.8, 4) is 23.0 Å². The normalized spacial score (nSPS) is 26.6. The number of carbonyl (C=O) groups is 6. The number of nitrogens with zero attached hydrogens (tertiary/aromatic N) is 4. The van der Waals surface area contributed by atoms with Crippen LogP contribution in [-0.2, 0) is 41.7 Å². The van der Waals surface area contributed by atoms with Crippen LogP contribution in [0.4, 0.5) is 11.4 Å². The molecule has 8 aliphatic rings. The number of carbonyl (C=O) groups excluding carboxylic acids is 6. The Balaban J connectivity index is 0.908. The lowest BCUT2D eigenvalue weighted by atomic mass is 9.84. The fourth-order valence-electron chi connectivity index (χ4n) is 10.9. The van der Waals surface area contributed by atoms with Crippen molar-refractivity contribution in [1.29, 1.82) is 0 Å². The van der Waals surface area contributed by atoms with Gasteiger partial charge in [-0.25, -0.2) is 9.59 Å². The Kier molecular flexibility index (Phi) is 14.0. The molecule has 6 fully saturated rings. The van der Waals surface area contributed by atoms with E-state index in [4.69, 9.17) is 51.6 Å². The van der Waals surface area contributed by atoms with Gasteiger partial charge in [-0.1, -0.05) is 47.5 Å². The summed E-state index contributed by atoms with van der Waals surface area (Å²) >= 11 is 13.3. The maximum Gasteiger partial charge on any atom is 0.334 e. The number of nitrogens with one attached hydrogen (secondary N) is 2. The van der Waals surface area contributed by atoms with E-state index in [2.05, 4.69) is 20.4 Å². The summed E-state index contributed by atoms with van der Waals surface area (Å²) in [6, 6.07) is 19.5. The summed E-state index contributed by atoms with van der Waals surface area (Å²) < 4.78 is 34.7. The molecule has 6 saturated heterocycles. The number of amides is 4. The minimum Gasteiger partial charge on any atom is -0.497 e. The van der Waals surface area contributed by atoms with Gasteiger partial charge in [0.15, 0.2) is 11.5 Å². The molecule has 4 atom stereocenters. The van der Waals surface area contributed by atoms with Crippen molar-refractivity contribution >= 4 is 70.1 Å². The largest absolute Gasteiger partial charge is 0.497 e. The van der Waals surface area contributed by atoms with Gasteiger partial charge in [-0.3, -0.25) is 29.0 Å². The highest BCUT2D eigenvalue weighted by molar-refractivity contribution is 6.32. The Hall–Kier alpha value is -6.86. The highest BCUT2D eigenvalue weighted by atomic mass is 35.5.